The van der Waals surface area contributed by atoms with E-state index in [2.05, 4.69) is 20.6 Å². The second-order valence-electron chi connectivity index (χ2n) is 8.74. The molecule has 0 aliphatic heterocycles. The molecule has 0 saturated heterocycles. The summed E-state index contributed by atoms with van der Waals surface area (Å²) in [5.74, 6) is 0.0771. The summed E-state index contributed by atoms with van der Waals surface area (Å²) >= 11 is 0. The molecule has 0 radical (unpaired) electrons. The van der Waals surface area contributed by atoms with Gasteiger partial charge >= 0.3 is 0 Å². The Morgan fingerprint density at radius 2 is 1.77 bits per heavy atom. The lowest BCUT2D eigenvalue weighted by Crippen LogP contribution is -2.02. The molecule has 5 rings (SSSR count). The third-order valence-electron chi connectivity index (χ3n) is 5.93. The van der Waals surface area contributed by atoms with Gasteiger partial charge in [-0.05, 0) is 65.4 Å². The molecule has 0 bridgehead atoms. The highest BCUT2D eigenvalue weighted by Crippen LogP contribution is 2.41. The number of nitrogens with one attached hydrogen (secondary N) is 1. The number of rotatable bonds is 4. The first kappa shape index (κ1) is 22.7. The van der Waals surface area contributed by atoms with Crippen LogP contribution in [-0.4, -0.2) is 25.6 Å². The molecule has 1 atom stereocenters. The van der Waals surface area contributed by atoms with E-state index in [0.717, 1.165) is 33.1 Å². The molecular weight excluding hydrogens is 461 g/mol. The van der Waals surface area contributed by atoms with Gasteiger partial charge in [0.05, 0.1) is 38.8 Å². The van der Waals surface area contributed by atoms with Crippen LogP contribution in [0.5, 0.6) is 0 Å². The normalized spacial score (nSPS) is 13.1. The molecule has 8 heteroatoms. The fourth-order valence-electron chi connectivity index (χ4n) is 4.16. The number of benzene rings is 3. The van der Waals surface area contributed by atoms with Gasteiger partial charge in [-0.2, -0.15) is 14.7 Å². The van der Waals surface area contributed by atoms with Gasteiger partial charge in [0, 0.05) is 27.5 Å². The number of nitrogens with zero attached hydrogens (tertiary/aromatic N) is 4. The first-order valence-electron chi connectivity index (χ1n) is 11.1. The first-order chi connectivity index (χ1) is 16.8. The van der Waals surface area contributed by atoms with E-state index in [1.807, 2.05) is 26.0 Å². The van der Waals surface area contributed by atoms with E-state index >= 15 is 0 Å². The van der Waals surface area contributed by atoms with Crippen LogP contribution in [-0.2, 0) is 9.73 Å². The Morgan fingerprint density at radius 1 is 1.06 bits per heavy atom. The summed E-state index contributed by atoms with van der Waals surface area (Å²) in [4.78, 5) is 5.43. The van der Waals surface area contributed by atoms with Gasteiger partial charge in [0.25, 0.3) is 0 Å². The Balaban J connectivity index is 1.85. The Kier molecular flexibility index (Phi) is 5.58. The molecule has 0 aliphatic rings. The predicted octanol–water partition coefficient (Wildman–Crippen LogP) is 6.70. The van der Waals surface area contributed by atoms with Crippen LogP contribution in [0.4, 0.5) is 10.2 Å². The zero-order valence-electron chi connectivity index (χ0n) is 19.4. The smallest absolute Gasteiger partial charge is 0.170 e. The van der Waals surface area contributed by atoms with Gasteiger partial charge in [-0.15, -0.1) is 0 Å². The fraction of sp³-hybridized carbons (Fsp3) is 0.148. The quantitative estimate of drug-likeness (QED) is 0.308. The average molecular weight is 484 g/mol. The maximum atomic E-state index is 13.7. The lowest BCUT2D eigenvalue weighted by molar-refractivity contribution is 0.628. The third kappa shape index (κ3) is 4.15. The molecule has 3 aromatic carbocycles. The van der Waals surface area contributed by atoms with E-state index in [0.29, 0.717) is 21.7 Å². The fourth-order valence-corrected chi connectivity index (χ4v) is 5.37. The van der Waals surface area contributed by atoms with Crippen LogP contribution in [0.25, 0.3) is 32.8 Å². The molecule has 6 nitrogen and oxygen atoms in total. The number of pyridine rings is 1. The number of aromatic amines is 1. The van der Waals surface area contributed by atoms with Crippen molar-refractivity contribution in [2.24, 2.45) is 4.36 Å². The Hall–Kier alpha value is -4.09. The Morgan fingerprint density at radius 3 is 2.43 bits per heavy atom. The Bertz CT molecular complexity index is 1740. The summed E-state index contributed by atoms with van der Waals surface area (Å²) in [6.07, 6.45) is 3.31. The standard InChI is InChI=1S/C27H22FN5OS/c1-16(2)26-25(18-6-8-20(28)9-7-18)22-12-19-15-30-32-24(19)13-23(22)27(31-26)33-35(3,34)21-10-4-17(14-29)5-11-21/h4-13,15-16H,1-3H3,(H,30,32). The summed E-state index contributed by atoms with van der Waals surface area (Å²) in [5, 5.41) is 18.7. The van der Waals surface area contributed by atoms with Crippen molar-refractivity contribution in [3.8, 4) is 17.2 Å². The van der Waals surface area contributed by atoms with Crippen molar-refractivity contribution in [3.05, 3.63) is 83.9 Å². The number of H-pyrrole nitrogens is 1. The molecule has 2 aromatic heterocycles. The number of halogens is 1. The zero-order chi connectivity index (χ0) is 24.7. The molecule has 0 aliphatic carbocycles. The van der Waals surface area contributed by atoms with Crippen LogP contribution < -0.4 is 0 Å². The van der Waals surface area contributed by atoms with Gasteiger partial charge in [0.1, 0.15) is 5.82 Å². The Labute approximate surface area is 202 Å². The van der Waals surface area contributed by atoms with Crippen molar-refractivity contribution >= 4 is 37.2 Å². The summed E-state index contributed by atoms with van der Waals surface area (Å²) in [6, 6.07) is 18.9. The second-order valence-corrected chi connectivity index (χ2v) is 11.0. The highest BCUT2D eigenvalue weighted by atomic mass is 32.2. The van der Waals surface area contributed by atoms with Gasteiger partial charge in [0.15, 0.2) is 5.82 Å². The van der Waals surface area contributed by atoms with E-state index in [4.69, 9.17) is 10.2 Å². The van der Waals surface area contributed by atoms with E-state index < -0.39 is 9.73 Å². The third-order valence-corrected chi connectivity index (χ3v) is 7.60. The van der Waals surface area contributed by atoms with E-state index in [1.165, 1.54) is 12.1 Å². The topological polar surface area (TPSA) is 94.8 Å². The van der Waals surface area contributed by atoms with Crippen molar-refractivity contribution in [2.75, 3.05) is 6.26 Å². The summed E-state index contributed by atoms with van der Waals surface area (Å²) < 4.78 is 32.1. The van der Waals surface area contributed by atoms with Crippen molar-refractivity contribution in [2.45, 2.75) is 24.7 Å². The van der Waals surface area contributed by atoms with Crippen molar-refractivity contribution in [1.82, 2.24) is 15.2 Å². The van der Waals surface area contributed by atoms with Gasteiger partial charge in [0.2, 0.25) is 0 Å². The minimum absolute atomic E-state index is 0.0243. The molecule has 1 unspecified atom stereocenters. The minimum Gasteiger partial charge on any atom is -0.278 e. The zero-order valence-corrected chi connectivity index (χ0v) is 20.2. The van der Waals surface area contributed by atoms with Gasteiger partial charge in [-0.1, -0.05) is 26.0 Å². The lowest BCUT2D eigenvalue weighted by atomic mass is 9.92. The molecular formula is C27H22FN5OS. The van der Waals surface area contributed by atoms with Crippen molar-refractivity contribution < 1.29 is 8.60 Å². The largest absolute Gasteiger partial charge is 0.278 e. The van der Waals surface area contributed by atoms with Crippen LogP contribution >= 0.6 is 0 Å². The van der Waals surface area contributed by atoms with Crippen LogP contribution in [0, 0.1) is 17.1 Å². The average Bonchev–Trinajstić information content (AvgIpc) is 3.31. The molecule has 35 heavy (non-hydrogen) atoms. The van der Waals surface area contributed by atoms with Crippen molar-refractivity contribution in [1.29, 1.82) is 5.26 Å². The molecule has 1 N–H and O–H groups in total. The summed E-state index contributed by atoms with van der Waals surface area (Å²) in [7, 11) is -2.87. The minimum atomic E-state index is -2.87. The number of hydrogen-bond donors (Lipinski definition) is 1. The molecule has 0 spiro atoms. The van der Waals surface area contributed by atoms with E-state index in [9.17, 15) is 8.60 Å². The number of nitriles is 1. The lowest BCUT2D eigenvalue weighted by Gasteiger charge is -2.18. The van der Waals surface area contributed by atoms with Crippen LogP contribution in [0.1, 0.15) is 31.0 Å². The monoisotopic (exact) mass is 483 g/mol. The van der Waals surface area contributed by atoms with Gasteiger partial charge in [-0.25, -0.2) is 13.6 Å². The maximum Gasteiger partial charge on any atom is 0.170 e. The highest BCUT2D eigenvalue weighted by Gasteiger charge is 2.20. The van der Waals surface area contributed by atoms with Crippen LogP contribution in [0.15, 0.2) is 76.1 Å². The van der Waals surface area contributed by atoms with Crippen molar-refractivity contribution in [3.63, 3.8) is 0 Å². The van der Waals surface area contributed by atoms with Gasteiger partial charge in [-0.3, -0.25) is 5.10 Å². The summed E-state index contributed by atoms with van der Waals surface area (Å²) in [6.45, 7) is 4.07. The van der Waals surface area contributed by atoms with E-state index in [-0.39, 0.29) is 11.7 Å². The second kappa shape index (κ2) is 8.60. The molecule has 0 fully saturated rings. The highest BCUT2D eigenvalue weighted by molar-refractivity contribution is 7.93. The summed E-state index contributed by atoms with van der Waals surface area (Å²) in [5.41, 5.74) is 3.80. The maximum absolute atomic E-state index is 13.7. The number of fused-ring (bicyclic) bond motifs is 2. The molecule has 0 saturated carbocycles. The molecule has 2 heterocycles. The number of aromatic nitrogens is 3. The van der Waals surface area contributed by atoms with Crippen LogP contribution in [0.2, 0.25) is 0 Å². The van der Waals surface area contributed by atoms with Gasteiger partial charge < -0.3 is 0 Å². The number of hydrogen-bond acceptors (Lipinski definition) is 5. The van der Waals surface area contributed by atoms with E-state index in [1.54, 1.807) is 48.9 Å². The molecule has 5 aromatic rings. The first-order valence-corrected chi connectivity index (χ1v) is 13.0. The predicted molar refractivity (Wildman–Crippen MR) is 136 cm³/mol. The SMILES string of the molecule is CC(C)c1nc(N=S(C)(=O)c2ccc(C#N)cc2)c2cc3[nH]ncc3cc2c1-c1ccc(F)cc1. The molecule has 174 valence electrons. The van der Waals surface area contributed by atoms with Crippen LogP contribution in [0.3, 0.4) is 0 Å². The molecule has 0 amide bonds.